The summed E-state index contributed by atoms with van der Waals surface area (Å²) in [5.74, 6) is 0. The summed E-state index contributed by atoms with van der Waals surface area (Å²) in [5.41, 5.74) is 0. The summed E-state index contributed by atoms with van der Waals surface area (Å²) in [7, 11) is 0. The first-order chi connectivity index (χ1) is 4.12. The standard InChI is InChI=1S/C7H16Se2/c1-5-8-7(3,4)9-6-2/h5-6H2,1-4H3. The van der Waals surface area contributed by atoms with Gasteiger partial charge in [-0.05, 0) is 0 Å². The molecule has 0 amide bonds. The molecule has 0 saturated heterocycles. The van der Waals surface area contributed by atoms with Crippen LogP contribution in [0, 0.1) is 0 Å². The molecule has 0 heterocycles. The van der Waals surface area contributed by atoms with Gasteiger partial charge in [0, 0.05) is 0 Å². The van der Waals surface area contributed by atoms with Crippen LogP contribution in [0.3, 0.4) is 0 Å². The molecular formula is C7H16Se2. The van der Waals surface area contributed by atoms with Crippen LogP contribution in [-0.2, 0) is 0 Å². The minimum atomic E-state index is 0.726. The van der Waals surface area contributed by atoms with Gasteiger partial charge < -0.3 is 0 Å². The molecule has 0 fully saturated rings. The van der Waals surface area contributed by atoms with E-state index in [-0.39, 0.29) is 0 Å². The molecule has 0 spiro atoms. The summed E-state index contributed by atoms with van der Waals surface area (Å²) < 4.78 is 0.726. The topological polar surface area (TPSA) is 0 Å². The third-order valence-electron chi connectivity index (χ3n) is 0.984. The van der Waals surface area contributed by atoms with Gasteiger partial charge in [0.15, 0.2) is 0 Å². The van der Waals surface area contributed by atoms with Gasteiger partial charge in [0.1, 0.15) is 0 Å². The van der Waals surface area contributed by atoms with Crippen molar-refractivity contribution in [1.82, 2.24) is 0 Å². The summed E-state index contributed by atoms with van der Waals surface area (Å²) in [6, 6.07) is 0. The van der Waals surface area contributed by atoms with Crippen molar-refractivity contribution >= 4 is 29.9 Å². The predicted molar refractivity (Wildman–Crippen MR) is 46.5 cm³/mol. The van der Waals surface area contributed by atoms with E-state index >= 15 is 0 Å². The van der Waals surface area contributed by atoms with E-state index in [1.807, 2.05) is 0 Å². The molecule has 56 valence electrons. The first kappa shape index (κ1) is 10.0. The van der Waals surface area contributed by atoms with Gasteiger partial charge in [-0.25, -0.2) is 0 Å². The molecule has 0 aromatic carbocycles. The van der Waals surface area contributed by atoms with E-state index in [2.05, 4.69) is 27.7 Å². The Balaban J connectivity index is 3.43. The summed E-state index contributed by atoms with van der Waals surface area (Å²) in [5, 5.41) is 2.81. The second-order valence-electron chi connectivity index (χ2n) is 2.27. The zero-order valence-corrected chi connectivity index (χ0v) is 10.2. The molecule has 9 heavy (non-hydrogen) atoms. The van der Waals surface area contributed by atoms with Crippen LogP contribution in [0.25, 0.3) is 0 Å². The molecule has 0 aliphatic carbocycles. The van der Waals surface area contributed by atoms with E-state index in [1.54, 1.807) is 0 Å². The third kappa shape index (κ3) is 5.48. The van der Waals surface area contributed by atoms with Crippen LogP contribution in [0.15, 0.2) is 0 Å². The van der Waals surface area contributed by atoms with Gasteiger partial charge >= 0.3 is 71.5 Å². The van der Waals surface area contributed by atoms with Crippen molar-refractivity contribution in [3.63, 3.8) is 0 Å². The first-order valence-corrected chi connectivity index (χ1v) is 7.54. The molecule has 0 aromatic rings. The molecule has 2 heteroatoms. The Morgan fingerprint density at radius 3 is 1.56 bits per heavy atom. The Kier molecular flexibility index (Phi) is 5.35. The number of rotatable bonds is 4. The van der Waals surface area contributed by atoms with Crippen LogP contribution in [-0.4, -0.2) is 29.9 Å². The maximum absolute atomic E-state index is 2.42. The molecule has 0 bridgehead atoms. The second kappa shape index (κ2) is 4.79. The summed E-state index contributed by atoms with van der Waals surface area (Å²) >= 11 is 1.78. The van der Waals surface area contributed by atoms with E-state index < -0.39 is 0 Å². The summed E-state index contributed by atoms with van der Waals surface area (Å²) in [6.45, 7) is 9.43. The van der Waals surface area contributed by atoms with Gasteiger partial charge in [-0.3, -0.25) is 0 Å². The molecule has 0 saturated carbocycles. The summed E-state index contributed by atoms with van der Waals surface area (Å²) in [6.07, 6.45) is 0. The fraction of sp³-hybridized carbons (Fsp3) is 1.00. The molecule has 0 nitrogen and oxygen atoms in total. The van der Waals surface area contributed by atoms with Gasteiger partial charge in [-0.1, -0.05) is 0 Å². The van der Waals surface area contributed by atoms with E-state index in [4.69, 9.17) is 0 Å². The van der Waals surface area contributed by atoms with E-state index in [0.717, 1.165) is 33.1 Å². The predicted octanol–water partition coefficient (Wildman–Crippen LogP) is 2.43. The van der Waals surface area contributed by atoms with Crippen molar-refractivity contribution < 1.29 is 0 Å². The quantitative estimate of drug-likeness (QED) is 0.679. The van der Waals surface area contributed by atoms with E-state index in [1.165, 1.54) is 10.6 Å². The van der Waals surface area contributed by atoms with Crippen molar-refractivity contribution in [2.45, 2.75) is 41.5 Å². The molecule has 0 atom stereocenters. The van der Waals surface area contributed by atoms with Crippen LogP contribution >= 0.6 is 0 Å². The Labute approximate surface area is 71.5 Å². The normalized spacial score (nSPS) is 12.0. The van der Waals surface area contributed by atoms with Crippen LogP contribution in [0.4, 0.5) is 0 Å². The second-order valence-corrected chi connectivity index (χ2v) is 11.5. The van der Waals surface area contributed by atoms with Gasteiger partial charge in [0.2, 0.25) is 0 Å². The maximum atomic E-state index is 2.42. The van der Waals surface area contributed by atoms with E-state index in [0.29, 0.717) is 0 Å². The third-order valence-corrected chi connectivity index (χ3v) is 7.68. The van der Waals surface area contributed by atoms with Crippen LogP contribution in [0.1, 0.15) is 27.7 Å². The molecule has 0 N–H and O–H groups in total. The van der Waals surface area contributed by atoms with Gasteiger partial charge in [-0.15, -0.1) is 0 Å². The van der Waals surface area contributed by atoms with Crippen LogP contribution in [0.5, 0.6) is 0 Å². The average molecular weight is 258 g/mol. The molecule has 0 aliphatic heterocycles. The van der Waals surface area contributed by atoms with Crippen molar-refractivity contribution in [2.75, 3.05) is 0 Å². The monoisotopic (exact) mass is 260 g/mol. The van der Waals surface area contributed by atoms with E-state index in [9.17, 15) is 0 Å². The molecule has 0 unspecified atom stereocenters. The van der Waals surface area contributed by atoms with Crippen molar-refractivity contribution in [2.24, 2.45) is 0 Å². The molecule has 0 aromatic heterocycles. The van der Waals surface area contributed by atoms with Gasteiger partial charge in [0.05, 0.1) is 0 Å². The van der Waals surface area contributed by atoms with Gasteiger partial charge in [0.25, 0.3) is 0 Å². The van der Waals surface area contributed by atoms with Crippen molar-refractivity contribution in [3.8, 4) is 0 Å². The average Bonchev–Trinajstić information content (AvgIpc) is 1.64. The van der Waals surface area contributed by atoms with Crippen LogP contribution in [0.2, 0.25) is 13.9 Å². The first-order valence-electron chi connectivity index (χ1n) is 3.40. The fourth-order valence-corrected chi connectivity index (χ4v) is 7.31. The minimum absolute atomic E-state index is 0.726. The van der Waals surface area contributed by atoms with Crippen molar-refractivity contribution in [3.05, 3.63) is 0 Å². The number of hydrogen-bond acceptors (Lipinski definition) is 0. The van der Waals surface area contributed by atoms with Gasteiger partial charge in [-0.2, -0.15) is 0 Å². The Morgan fingerprint density at radius 2 is 1.33 bits per heavy atom. The molecular weight excluding hydrogens is 242 g/mol. The zero-order chi connectivity index (χ0) is 7.33. The Morgan fingerprint density at radius 1 is 1.00 bits per heavy atom. The molecule has 0 aliphatic rings. The summed E-state index contributed by atoms with van der Waals surface area (Å²) in [4.78, 5) is 0. The Hall–Kier alpha value is 1.04. The molecule has 0 radical (unpaired) electrons. The van der Waals surface area contributed by atoms with Crippen LogP contribution < -0.4 is 0 Å². The Bertz CT molecular complexity index is 61.3. The number of hydrogen-bond donors (Lipinski definition) is 0. The van der Waals surface area contributed by atoms with Crippen molar-refractivity contribution in [1.29, 1.82) is 0 Å². The fourth-order valence-electron chi connectivity index (χ4n) is 0.737. The SMILES string of the molecule is CC[Se]C(C)(C)[Se]CC. The zero-order valence-electron chi connectivity index (χ0n) is 6.73. The molecule has 0 rings (SSSR count).